The summed E-state index contributed by atoms with van der Waals surface area (Å²) in [5.74, 6) is 2.91. The highest BCUT2D eigenvalue weighted by atomic mass is 127. The van der Waals surface area contributed by atoms with Crippen LogP contribution in [0.1, 0.15) is 18.4 Å². The van der Waals surface area contributed by atoms with E-state index in [4.69, 9.17) is 0 Å². The zero-order chi connectivity index (χ0) is 18.0. The van der Waals surface area contributed by atoms with Crippen molar-refractivity contribution in [2.45, 2.75) is 24.3 Å². The van der Waals surface area contributed by atoms with Crippen LogP contribution in [0.5, 0.6) is 0 Å². The van der Waals surface area contributed by atoms with E-state index in [1.165, 1.54) is 17.7 Å². The highest BCUT2D eigenvalue weighted by molar-refractivity contribution is 14.0. The molecule has 0 aliphatic carbocycles. The number of halogens is 1. The van der Waals surface area contributed by atoms with Gasteiger partial charge in [0.2, 0.25) is 0 Å². The van der Waals surface area contributed by atoms with Gasteiger partial charge >= 0.3 is 0 Å². The lowest BCUT2D eigenvalue weighted by Crippen LogP contribution is -2.38. The number of nitrogens with one attached hydrogen (secondary N) is 2. The molecular formula is C20H28IN5S. The number of pyridine rings is 1. The fourth-order valence-corrected chi connectivity index (χ4v) is 3.71. The van der Waals surface area contributed by atoms with Crippen LogP contribution in [-0.2, 0) is 6.54 Å². The van der Waals surface area contributed by atoms with E-state index in [1.807, 2.05) is 24.0 Å². The SMILES string of the molecule is CN=C(NCCSc1ccccc1)NCc1ccc(N2CCCC2)nc1.I. The van der Waals surface area contributed by atoms with Crippen LogP contribution in [0.4, 0.5) is 5.82 Å². The molecule has 1 aromatic heterocycles. The minimum atomic E-state index is 0. The van der Waals surface area contributed by atoms with Crippen LogP contribution >= 0.6 is 35.7 Å². The van der Waals surface area contributed by atoms with E-state index in [9.17, 15) is 0 Å². The molecule has 1 aliphatic rings. The molecule has 2 N–H and O–H groups in total. The van der Waals surface area contributed by atoms with E-state index in [2.05, 4.69) is 61.9 Å². The van der Waals surface area contributed by atoms with E-state index in [0.29, 0.717) is 0 Å². The summed E-state index contributed by atoms with van der Waals surface area (Å²) in [6.07, 6.45) is 4.50. The summed E-state index contributed by atoms with van der Waals surface area (Å²) < 4.78 is 0. The van der Waals surface area contributed by atoms with Gasteiger partial charge in [0.25, 0.3) is 0 Å². The van der Waals surface area contributed by atoms with Crippen molar-refractivity contribution < 1.29 is 0 Å². The molecular weight excluding hydrogens is 469 g/mol. The number of guanidine groups is 1. The summed E-state index contributed by atoms with van der Waals surface area (Å²) in [6, 6.07) is 14.7. The van der Waals surface area contributed by atoms with Gasteiger partial charge in [0.05, 0.1) is 0 Å². The Kier molecular flexibility index (Phi) is 9.75. The first-order valence-corrected chi connectivity index (χ1v) is 10.2. The Labute approximate surface area is 183 Å². The third-order valence-corrected chi connectivity index (χ3v) is 5.34. The Morgan fingerprint density at radius 2 is 1.89 bits per heavy atom. The molecule has 1 saturated heterocycles. The van der Waals surface area contributed by atoms with Crippen LogP contribution in [0.3, 0.4) is 0 Å². The summed E-state index contributed by atoms with van der Waals surface area (Å²) in [7, 11) is 1.80. The predicted molar refractivity (Wildman–Crippen MR) is 126 cm³/mol. The lowest BCUT2D eigenvalue weighted by molar-refractivity contribution is 0.827. The Morgan fingerprint density at radius 1 is 1.11 bits per heavy atom. The van der Waals surface area contributed by atoms with E-state index in [-0.39, 0.29) is 24.0 Å². The quantitative estimate of drug-likeness (QED) is 0.201. The Bertz CT molecular complexity index is 687. The summed E-state index contributed by atoms with van der Waals surface area (Å²) >= 11 is 1.84. The van der Waals surface area contributed by atoms with Gasteiger partial charge in [-0.05, 0) is 36.6 Å². The zero-order valence-electron chi connectivity index (χ0n) is 15.7. The maximum atomic E-state index is 4.60. The molecule has 2 heterocycles. The fourth-order valence-electron chi connectivity index (χ4n) is 2.92. The summed E-state index contributed by atoms with van der Waals surface area (Å²) in [4.78, 5) is 12.5. The van der Waals surface area contributed by atoms with Crippen LogP contribution in [0, 0.1) is 0 Å². The number of aromatic nitrogens is 1. The molecule has 5 nitrogen and oxygen atoms in total. The molecule has 0 bridgehead atoms. The van der Waals surface area contributed by atoms with Gasteiger partial charge in [0.15, 0.2) is 5.96 Å². The maximum absolute atomic E-state index is 4.60. The average Bonchev–Trinajstić information content (AvgIpc) is 3.23. The molecule has 1 aromatic carbocycles. The standard InChI is InChI=1S/C20H27N5S.HI/c1-21-20(22-11-14-26-18-7-3-2-4-8-18)24-16-17-9-10-19(23-15-17)25-12-5-6-13-25;/h2-4,7-10,15H,5-6,11-14,16H2,1H3,(H2,21,22,24);1H. The Balaban J connectivity index is 0.00000261. The van der Waals surface area contributed by atoms with Crippen molar-refractivity contribution in [1.82, 2.24) is 15.6 Å². The first-order chi connectivity index (χ1) is 12.8. The van der Waals surface area contributed by atoms with E-state index >= 15 is 0 Å². The van der Waals surface area contributed by atoms with E-state index < -0.39 is 0 Å². The molecule has 0 amide bonds. The predicted octanol–water partition coefficient (Wildman–Crippen LogP) is 3.76. The average molecular weight is 497 g/mol. The van der Waals surface area contributed by atoms with E-state index in [0.717, 1.165) is 49.3 Å². The van der Waals surface area contributed by atoms with Crippen molar-refractivity contribution in [3.8, 4) is 0 Å². The summed E-state index contributed by atoms with van der Waals surface area (Å²) in [5, 5.41) is 6.70. The fraction of sp³-hybridized carbons (Fsp3) is 0.400. The highest BCUT2D eigenvalue weighted by Crippen LogP contribution is 2.17. The van der Waals surface area contributed by atoms with Crippen LogP contribution in [0.2, 0.25) is 0 Å². The topological polar surface area (TPSA) is 52.6 Å². The molecule has 7 heteroatoms. The molecule has 2 aromatic rings. The first-order valence-electron chi connectivity index (χ1n) is 9.17. The van der Waals surface area contributed by atoms with Crippen molar-refractivity contribution in [1.29, 1.82) is 0 Å². The summed E-state index contributed by atoms with van der Waals surface area (Å²) in [5.41, 5.74) is 1.16. The molecule has 27 heavy (non-hydrogen) atoms. The third-order valence-electron chi connectivity index (χ3n) is 4.33. The number of nitrogens with zero attached hydrogens (tertiary/aromatic N) is 3. The maximum Gasteiger partial charge on any atom is 0.191 e. The van der Waals surface area contributed by atoms with Crippen LogP contribution < -0.4 is 15.5 Å². The lowest BCUT2D eigenvalue weighted by atomic mass is 10.3. The Hall–Kier alpha value is -1.48. The number of benzene rings is 1. The van der Waals surface area contributed by atoms with Crippen LogP contribution in [0.15, 0.2) is 58.5 Å². The molecule has 0 spiro atoms. The number of hydrogen-bond donors (Lipinski definition) is 2. The zero-order valence-corrected chi connectivity index (χ0v) is 18.9. The van der Waals surface area contributed by atoms with Gasteiger partial charge in [-0.15, -0.1) is 35.7 Å². The first kappa shape index (κ1) is 21.8. The van der Waals surface area contributed by atoms with Gasteiger partial charge < -0.3 is 15.5 Å². The lowest BCUT2D eigenvalue weighted by Gasteiger charge is -2.16. The van der Waals surface area contributed by atoms with Gasteiger partial charge in [-0.25, -0.2) is 4.98 Å². The van der Waals surface area contributed by atoms with Crippen molar-refractivity contribution in [2.75, 3.05) is 37.3 Å². The molecule has 0 radical (unpaired) electrons. The van der Waals surface area contributed by atoms with Crippen LogP contribution in [0.25, 0.3) is 0 Å². The molecule has 146 valence electrons. The second kappa shape index (κ2) is 12.1. The van der Waals surface area contributed by atoms with Gasteiger partial charge in [0, 0.05) is 50.1 Å². The monoisotopic (exact) mass is 497 g/mol. The number of rotatable bonds is 7. The number of aliphatic imine (C=N–C) groups is 1. The van der Waals surface area contributed by atoms with Crippen LogP contribution in [-0.4, -0.2) is 43.4 Å². The molecule has 0 unspecified atom stereocenters. The largest absolute Gasteiger partial charge is 0.357 e. The molecule has 1 aliphatic heterocycles. The second-order valence-corrected chi connectivity index (χ2v) is 7.40. The van der Waals surface area contributed by atoms with Gasteiger partial charge in [-0.3, -0.25) is 4.99 Å². The number of anilines is 1. The van der Waals surface area contributed by atoms with Crippen molar-refractivity contribution >= 4 is 47.5 Å². The van der Waals surface area contributed by atoms with Gasteiger partial charge in [0.1, 0.15) is 5.82 Å². The third kappa shape index (κ3) is 7.21. The van der Waals surface area contributed by atoms with Crippen molar-refractivity contribution in [3.05, 3.63) is 54.2 Å². The smallest absolute Gasteiger partial charge is 0.191 e. The molecule has 0 atom stereocenters. The minimum Gasteiger partial charge on any atom is -0.357 e. The second-order valence-electron chi connectivity index (χ2n) is 6.23. The van der Waals surface area contributed by atoms with Gasteiger partial charge in [-0.2, -0.15) is 0 Å². The highest BCUT2D eigenvalue weighted by Gasteiger charge is 2.12. The van der Waals surface area contributed by atoms with E-state index in [1.54, 1.807) is 7.05 Å². The molecule has 3 rings (SSSR count). The molecule has 1 fully saturated rings. The Morgan fingerprint density at radius 3 is 2.56 bits per heavy atom. The van der Waals surface area contributed by atoms with Gasteiger partial charge in [-0.1, -0.05) is 24.3 Å². The number of thioether (sulfide) groups is 1. The number of hydrogen-bond acceptors (Lipinski definition) is 4. The summed E-state index contributed by atoms with van der Waals surface area (Å²) in [6.45, 7) is 3.84. The van der Waals surface area contributed by atoms with Crippen molar-refractivity contribution in [3.63, 3.8) is 0 Å². The molecule has 0 saturated carbocycles. The minimum absolute atomic E-state index is 0. The van der Waals surface area contributed by atoms with Crippen molar-refractivity contribution in [2.24, 2.45) is 4.99 Å². The normalized spacial score (nSPS) is 14.0.